The van der Waals surface area contributed by atoms with Crippen LogP contribution in [-0.4, -0.2) is 11.6 Å². The number of fused-ring (bicyclic) bond motifs is 1. The number of aliphatic imine (C=N–C) groups is 1. The fraction of sp³-hybridized carbons (Fsp3) is 0.143. The Morgan fingerprint density at radius 3 is 3.00 bits per heavy atom. The van der Waals surface area contributed by atoms with Crippen LogP contribution in [0.4, 0.5) is 11.4 Å². The molecule has 90 valence electrons. The van der Waals surface area contributed by atoms with Gasteiger partial charge in [-0.2, -0.15) is 0 Å². The largest absolute Gasteiger partial charge is 0.463 e. The number of nitrogens with zero attached hydrogens (tertiary/aromatic N) is 1. The first-order valence-corrected chi connectivity index (χ1v) is 5.74. The summed E-state index contributed by atoms with van der Waals surface area (Å²) < 4.78 is 5.30. The van der Waals surface area contributed by atoms with Crippen LogP contribution in [-0.2, 0) is 4.79 Å². The number of carbonyl (C=O) groups is 1. The number of nitrogens with one attached hydrogen (secondary N) is 1. The summed E-state index contributed by atoms with van der Waals surface area (Å²) in [7, 11) is 0. The lowest BCUT2D eigenvalue weighted by atomic mass is 10.2. The third-order valence-electron chi connectivity index (χ3n) is 2.82. The molecular weight excluding hydrogens is 228 g/mol. The molecule has 1 aromatic carbocycles. The summed E-state index contributed by atoms with van der Waals surface area (Å²) in [5.74, 6) is 0.563. The molecule has 2 aromatic rings. The third kappa shape index (κ3) is 1.93. The quantitative estimate of drug-likeness (QED) is 0.832. The van der Waals surface area contributed by atoms with E-state index in [1.54, 1.807) is 12.3 Å². The highest BCUT2D eigenvalue weighted by Crippen LogP contribution is 2.29. The molecule has 0 bridgehead atoms. The minimum Gasteiger partial charge on any atom is -0.463 e. The van der Waals surface area contributed by atoms with Gasteiger partial charge in [0, 0.05) is 0 Å². The third-order valence-corrected chi connectivity index (χ3v) is 2.82. The molecule has 2 heterocycles. The molecule has 0 aliphatic carbocycles. The standard InChI is InChI=1S/C14H12N2O2/c1-9-4-5-10-11(7-9)16-14(17)8-12(15-10)13-3-2-6-18-13/h2-7H,8H2,1H3,(H,16,17). The maximum absolute atomic E-state index is 11.8. The number of aryl methyl sites for hydroxylation is 1. The maximum atomic E-state index is 11.8. The molecule has 1 N–H and O–H groups in total. The Bertz CT molecular complexity index is 627. The lowest BCUT2D eigenvalue weighted by molar-refractivity contribution is -0.115. The lowest BCUT2D eigenvalue weighted by Crippen LogP contribution is -2.14. The number of benzene rings is 1. The van der Waals surface area contributed by atoms with Crippen molar-refractivity contribution < 1.29 is 9.21 Å². The van der Waals surface area contributed by atoms with E-state index in [9.17, 15) is 4.79 Å². The smallest absolute Gasteiger partial charge is 0.230 e. The van der Waals surface area contributed by atoms with Gasteiger partial charge in [-0.1, -0.05) is 6.07 Å². The van der Waals surface area contributed by atoms with Crippen molar-refractivity contribution in [3.8, 4) is 0 Å². The van der Waals surface area contributed by atoms with Crippen LogP contribution in [0.2, 0.25) is 0 Å². The lowest BCUT2D eigenvalue weighted by Gasteiger charge is -2.04. The SMILES string of the molecule is Cc1ccc2c(c1)NC(=O)CC(c1ccco1)=N2. The van der Waals surface area contributed by atoms with Gasteiger partial charge in [0.1, 0.15) is 5.76 Å². The number of furan rings is 1. The number of hydrogen-bond donors (Lipinski definition) is 1. The molecule has 0 saturated carbocycles. The van der Waals surface area contributed by atoms with Crippen LogP contribution in [0.15, 0.2) is 46.0 Å². The van der Waals surface area contributed by atoms with Gasteiger partial charge in [-0.25, -0.2) is 4.99 Å². The van der Waals surface area contributed by atoms with Gasteiger partial charge < -0.3 is 9.73 Å². The van der Waals surface area contributed by atoms with Crippen LogP contribution >= 0.6 is 0 Å². The van der Waals surface area contributed by atoms with Crippen LogP contribution in [0.1, 0.15) is 17.7 Å². The Labute approximate surface area is 104 Å². The van der Waals surface area contributed by atoms with Crippen LogP contribution in [0, 0.1) is 6.92 Å². The minimum absolute atomic E-state index is 0.0745. The van der Waals surface area contributed by atoms with Crippen LogP contribution in [0.25, 0.3) is 0 Å². The molecule has 0 spiro atoms. The van der Waals surface area contributed by atoms with Gasteiger partial charge in [-0.15, -0.1) is 0 Å². The summed E-state index contributed by atoms with van der Waals surface area (Å²) in [6.07, 6.45) is 1.80. The second-order valence-corrected chi connectivity index (χ2v) is 4.28. The van der Waals surface area contributed by atoms with Crippen molar-refractivity contribution in [1.82, 2.24) is 0 Å². The summed E-state index contributed by atoms with van der Waals surface area (Å²) >= 11 is 0. The average Bonchev–Trinajstić information content (AvgIpc) is 2.80. The molecule has 0 unspecified atom stereocenters. The summed E-state index contributed by atoms with van der Waals surface area (Å²) in [5.41, 5.74) is 3.25. The number of carbonyl (C=O) groups excluding carboxylic acids is 1. The normalized spacial score (nSPS) is 14.5. The van der Waals surface area contributed by atoms with Gasteiger partial charge in [0.2, 0.25) is 5.91 Å². The first-order valence-electron chi connectivity index (χ1n) is 5.74. The predicted octanol–water partition coefficient (Wildman–Crippen LogP) is 3.05. The molecule has 18 heavy (non-hydrogen) atoms. The predicted molar refractivity (Wildman–Crippen MR) is 69.3 cm³/mol. The zero-order chi connectivity index (χ0) is 12.5. The highest BCUT2D eigenvalue weighted by atomic mass is 16.3. The molecule has 4 nitrogen and oxygen atoms in total. The van der Waals surface area contributed by atoms with E-state index in [4.69, 9.17) is 4.42 Å². The molecule has 3 rings (SSSR count). The van der Waals surface area contributed by atoms with Gasteiger partial charge in [0.15, 0.2) is 0 Å². The molecule has 0 radical (unpaired) electrons. The molecule has 0 atom stereocenters. The summed E-state index contributed by atoms with van der Waals surface area (Å²) in [6.45, 7) is 1.98. The van der Waals surface area contributed by atoms with Crippen molar-refractivity contribution in [2.45, 2.75) is 13.3 Å². The molecule has 1 aromatic heterocycles. The van der Waals surface area contributed by atoms with Gasteiger partial charge >= 0.3 is 0 Å². The Balaban J connectivity index is 2.12. The summed E-state index contributed by atoms with van der Waals surface area (Å²) in [4.78, 5) is 16.3. The van der Waals surface area contributed by atoms with Crippen LogP contribution in [0.5, 0.6) is 0 Å². The van der Waals surface area contributed by atoms with E-state index in [0.717, 1.165) is 16.9 Å². The fourth-order valence-corrected chi connectivity index (χ4v) is 1.96. The Hall–Kier alpha value is -2.36. The number of rotatable bonds is 1. The van der Waals surface area contributed by atoms with Crippen LogP contribution in [0.3, 0.4) is 0 Å². The molecule has 0 saturated heterocycles. The molecule has 1 aliphatic rings. The zero-order valence-corrected chi connectivity index (χ0v) is 9.93. The molecule has 4 heteroatoms. The van der Waals surface area contributed by atoms with E-state index in [1.807, 2.05) is 31.2 Å². The Morgan fingerprint density at radius 2 is 2.22 bits per heavy atom. The van der Waals surface area contributed by atoms with Crippen molar-refractivity contribution in [3.05, 3.63) is 47.9 Å². The van der Waals surface area contributed by atoms with Crippen molar-refractivity contribution in [3.63, 3.8) is 0 Å². The average molecular weight is 240 g/mol. The first-order chi connectivity index (χ1) is 8.72. The van der Waals surface area contributed by atoms with E-state index >= 15 is 0 Å². The Morgan fingerprint density at radius 1 is 1.33 bits per heavy atom. The van der Waals surface area contributed by atoms with Gasteiger partial charge in [-0.05, 0) is 36.8 Å². The summed E-state index contributed by atoms with van der Waals surface area (Å²) in [5, 5.41) is 2.86. The van der Waals surface area contributed by atoms with Crippen molar-refractivity contribution in [1.29, 1.82) is 0 Å². The van der Waals surface area contributed by atoms with Crippen molar-refractivity contribution in [2.24, 2.45) is 4.99 Å². The van der Waals surface area contributed by atoms with Gasteiger partial charge in [-0.3, -0.25) is 4.79 Å². The Kier molecular flexibility index (Phi) is 2.48. The number of anilines is 1. The van der Waals surface area contributed by atoms with E-state index in [-0.39, 0.29) is 12.3 Å². The maximum Gasteiger partial charge on any atom is 0.230 e. The van der Waals surface area contributed by atoms with E-state index in [1.165, 1.54) is 0 Å². The van der Waals surface area contributed by atoms with E-state index < -0.39 is 0 Å². The second kappa shape index (κ2) is 4.14. The second-order valence-electron chi connectivity index (χ2n) is 4.28. The monoisotopic (exact) mass is 240 g/mol. The number of hydrogen-bond acceptors (Lipinski definition) is 3. The van der Waals surface area contributed by atoms with Crippen LogP contribution < -0.4 is 5.32 Å². The van der Waals surface area contributed by atoms with Gasteiger partial charge in [0.05, 0.1) is 29.8 Å². The molecule has 0 fully saturated rings. The van der Waals surface area contributed by atoms with Crippen molar-refractivity contribution in [2.75, 3.05) is 5.32 Å². The zero-order valence-electron chi connectivity index (χ0n) is 9.93. The van der Waals surface area contributed by atoms with Crippen molar-refractivity contribution >= 4 is 23.0 Å². The van der Waals surface area contributed by atoms with E-state index in [0.29, 0.717) is 11.5 Å². The fourth-order valence-electron chi connectivity index (χ4n) is 1.96. The first kappa shape index (κ1) is 10.8. The minimum atomic E-state index is -0.0745. The highest BCUT2D eigenvalue weighted by Gasteiger charge is 2.18. The topological polar surface area (TPSA) is 54.6 Å². The summed E-state index contributed by atoms with van der Waals surface area (Å²) in [6, 6.07) is 9.39. The highest BCUT2D eigenvalue weighted by molar-refractivity contribution is 6.15. The molecule has 1 aliphatic heterocycles. The van der Waals surface area contributed by atoms with E-state index in [2.05, 4.69) is 10.3 Å². The van der Waals surface area contributed by atoms with Gasteiger partial charge in [0.25, 0.3) is 0 Å². The number of amides is 1. The molecular formula is C14H12N2O2. The molecule has 1 amide bonds.